The van der Waals surface area contributed by atoms with Crippen LogP contribution >= 0.6 is 11.6 Å². The Bertz CT molecular complexity index is 458. The van der Waals surface area contributed by atoms with Gasteiger partial charge in [-0.2, -0.15) is 5.26 Å². The zero-order chi connectivity index (χ0) is 12.5. The number of hydrogen-bond acceptors (Lipinski definition) is 3. The number of anilines is 1. The van der Waals surface area contributed by atoms with Crippen LogP contribution < -0.4 is 5.32 Å². The number of nitriles is 1. The summed E-state index contributed by atoms with van der Waals surface area (Å²) in [5.74, 6) is 1.28. The van der Waals surface area contributed by atoms with Crippen LogP contribution in [0, 0.1) is 22.7 Å². The fourth-order valence-corrected chi connectivity index (χ4v) is 2.25. The molecule has 0 aliphatic heterocycles. The molecule has 4 heteroatoms. The van der Waals surface area contributed by atoms with Crippen LogP contribution in [0.3, 0.4) is 0 Å². The number of halogens is 1. The van der Waals surface area contributed by atoms with Gasteiger partial charge in [-0.3, -0.25) is 0 Å². The first kappa shape index (κ1) is 12.2. The molecular formula is C13H16ClN3. The molecule has 1 aromatic rings. The Morgan fingerprint density at radius 2 is 2.29 bits per heavy atom. The quantitative estimate of drug-likeness (QED) is 0.889. The standard InChI is InChI=1S/C13H16ClN3/c1-9(2)13(4-5-13)8-17-12-11(14)10(7-15)3-6-16-12/h3,6,9H,4-5,8H2,1-2H3,(H,16,17). The van der Waals surface area contributed by atoms with Crippen LogP contribution in [-0.4, -0.2) is 11.5 Å². The molecule has 2 rings (SSSR count). The average molecular weight is 250 g/mol. The molecule has 0 unspecified atom stereocenters. The van der Waals surface area contributed by atoms with Gasteiger partial charge in [-0.25, -0.2) is 4.98 Å². The molecule has 90 valence electrons. The van der Waals surface area contributed by atoms with Crippen molar-refractivity contribution in [2.75, 3.05) is 11.9 Å². The van der Waals surface area contributed by atoms with Crippen molar-refractivity contribution in [2.45, 2.75) is 26.7 Å². The molecule has 1 aliphatic rings. The lowest BCUT2D eigenvalue weighted by Crippen LogP contribution is -2.21. The first-order chi connectivity index (χ1) is 8.09. The van der Waals surface area contributed by atoms with Gasteiger partial charge in [0.2, 0.25) is 0 Å². The van der Waals surface area contributed by atoms with Gasteiger partial charge in [0.25, 0.3) is 0 Å². The first-order valence-corrected chi connectivity index (χ1v) is 6.25. The fraction of sp³-hybridized carbons (Fsp3) is 0.538. The molecule has 1 aromatic heterocycles. The van der Waals surface area contributed by atoms with E-state index in [-0.39, 0.29) is 0 Å². The maximum Gasteiger partial charge on any atom is 0.146 e. The highest BCUT2D eigenvalue weighted by Gasteiger charge is 2.45. The van der Waals surface area contributed by atoms with Crippen molar-refractivity contribution in [3.05, 3.63) is 22.8 Å². The highest BCUT2D eigenvalue weighted by molar-refractivity contribution is 6.34. The molecule has 0 atom stereocenters. The maximum atomic E-state index is 8.88. The number of nitrogens with one attached hydrogen (secondary N) is 1. The lowest BCUT2D eigenvalue weighted by atomic mass is 9.92. The normalized spacial score (nSPS) is 16.6. The van der Waals surface area contributed by atoms with Crippen molar-refractivity contribution in [1.29, 1.82) is 5.26 Å². The highest BCUT2D eigenvalue weighted by atomic mass is 35.5. The zero-order valence-electron chi connectivity index (χ0n) is 10.1. The smallest absolute Gasteiger partial charge is 0.146 e. The van der Waals surface area contributed by atoms with Crippen molar-refractivity contribution < 1.29 is 0 Å². The minimum Gasteiger partial charge on any atom is -0.368 e. The molecule has 0 spiro atoms. The summed E-state index contributed by atoms with van der Waals surface area (Å²) in [4.78, 5) is 4.18. The molecule has 1 fully saturated rings. The zero-order valence-corrected chi connectivity index (χ0v) is 10.9. The predicted octanol–water partition coefficient (Wildman–Crippen LogP) is 3.45. The molecule has 0 amide bonds. The Labute approximate surface area is 107 Å². The number of rotatable bonds is 4. The third-order valence-electron chi connectivity index (χ3n) is 3.73. The van der Waals surface area contributed by atoms with Gasteiger partial charge in [-0.15, -0.1) is 0 Å². The topological polar surface area (TPSA) is 48.7 Å². The van der Waals surface area contributed by atoms with Crippen LogP contribution in [0.25, 0.3) is 0 Å². The molecule has 1 aliphatic carbocycles. The van der Waals surface area contributed by atoms with Gasteiger partial charge in [0.05, 0.1) is 5.56 Å². The van der Waals surface area contributed by atoms with Crippen LogP contribution in [-0.2, 0) is 0 Å². The van der Waals surface area contributed by atoms with E-state index in [0.29, 0.717) is 27.7 Å². The van der Waals surface area contributed by atoms with E-state index < -0.39 is 0 Å². The summed E-state index contributed by atoms with van der Waals surface area (Å²) >= 11 is 6.09. The van der Waals surface area contributed by atoms with Gasteiger partial charge in [0, 0.05) is 12.7 Å². The Kier molecular flexibility index (Phi) is 3.26. The largest absolute Gasteiger partial charge is 0.368 e. The first-order valence-electron chi connectivity index (χ1n) is 5.87. The van der Waals surface area contributed by atoms with Crippen molar-refractivity contribution in [2.24, 2.45) is 11.3 Å². The van der Waals surface area contributed by atoms with Crippen LogP contribution in [0.1, 0.15) is 32.3 Å². The number of hydrogen-bond donors (Lipinski definition) is 1. The van der Waals surface area contributed by atoms with E-state index in [1.165, 1.54) is 12.8 Å². The van der Waals surface area contributed by atoms with E-state index in [0.717, 1.165) is 6.54 Å². The van der Waals surface area contributed by atoms with E-state index in [1.807, 2.05) is 0 Å². The Balaban J connectivity index is 2.08. The molecule has 1 saturated carbocycles. The second kappa shape index (κ2) is 4.54. The molecule has 3 nitrogen and oxygen atoms in total. The summed E-state index contributed by atoms with van der Waals surface area (Å²) in [6.07, 6.45) is 4.13. The van der Waals surface area contributed by atoms with Gasteiger partial charge in [-0.1, -0.05) is 25.4 Å². The van der Waals surface area contributed by atoms with Gasteiger partial charge >= 0.3 is 0 Å². The molecule has 0 aromatic carbocycles. The summed E-state index contributed by atoms with van der Waals surface area (Å²) < 4.78 is 0. The summed E-state index contributed by atoms with van der Waals surface area (Å²) in [6, 6.07) is 3.69. The minimum atomic E-state index is 0.396. The number of nitrogens with zero attached hydrogens (tertiary/aromatic N) is 2. The predicted molar refractivity (Wildman–Crippen MR) is 69.0 cm³/mol. The average Bonchev–Trinajstić information content (AvgIpc) is 3.09. The summed E-state index contributed by atoms with van der Waals surface area (Å²) in [5.41, 5.74) is 0.867. The van der Waals surface area contributed by atoms with Crippen LogP contribution in [0.2, 0.25) is 5.02 Å². The number of aromatic nitrogens is 1. The minimum absolute atomic E-state index is 0.396. The maximum absolute atomic E-state index is 8.88. The third kappa shape index (κ3) is 2.37. The lowest BCUT2D eigenvalue weighted by molar-refractivity contribution is 0.380. The van der Waals surface area contributed by atoms with Gasteiger partial charge in [0.1, 0.15) is 16.9 Å². The van der Waals surface area contributed by atoms with Crippen LogP contribution in [0.4, 0.5) is 5.82 Å². The molecule has 17 heavy (non-hydrogen) atoms. The van der Waals surface area contributed by atoms with Crippen molar-refractivity contribution in [3.8, 4) is 6.07 Å². The molecule has 1 N–H and O–H groups in total. The van der Waals surface area contributed by atoms with E-state index in [9.17, 15) is 0 Å². The van der Waals surface area contributed by atoms with E-state index in [1.54, 1.807) is 12.3 Å². The second-order valence-electron chi connectivity index (χ2n) is 5.00. The Morgan fingerprint density at radius 1 is 1.59 bits per heavy atom. The summed E-state index contributed by atoms with van der Waals surface area (Å²) in [6.45, 7) is 5.37. The molecule has 1 heterocycles. The van der Waals surface area contributed by atoms with E-state index in [4.69, 9.17) is 16.9 Å². The molecular weight excluding hydrogens is 234 g/mol. The Morgan fingerprint density at radius 3 is 2.82 bits per heavy atom. The number of pyridine rings is 1. The Hall–Kier alpha value is -1.27. The summed E-state index contributed by atoms with van der Waals surface area (Å²) in [7, 11) is 0. The van der Waals surface area contributed by atoms with Crippen molar-refractivity contribution in [1.82, 2.24) is 4.98 Å². The summed E-state index contributed by atoms with van der Waals surface area (Å²) in [5, 5.41) is 12.6. The fourth-order valence-electron chi connectivity index (χ4n) is 2.03. The SMILES string of the molecule is CC(C)C1(CNc2nccc(C#N)c2Cl)CC1. The van der Waals surface area contributed by atoms with Crippen LogP contribution in [0.5, 0.6) is 0 Å². The van der Waals surface area contributed by atoms with Gasteiger partial charge in [-0.05, 0) is 30.2 Å². The highest BCUT2D eigenvalue weighted by Crippen LogP contribution is 2.51. The monoisotopic (exact) mass is 249 g/mol. The third-order valence-corrected chi connectivity index (χ3v) is 4.12. The second-order valence-corrected chi connectivity index (χ2v) is 5.38. The molecule has 0 bridgehead atoms. The van der Waals surface area contributed by atoms with Crippen molar-refractivity contribution in [3.63, 3.8) is 0 Å². The lowest BCUT2D eigenvalue weighted by Gasteiger charge is -2.20. The van der Waals surface area contributed by atoms with E-state index in [2.05, 4.69) is 30.2 Å². The van der Waals surface area contributed by atoms with Crippen LogP contribution in [0.15, 0.2) is 12.3 Å². The van der Waals surface area contributed by atoms with Crippen molar-refractivity contribution >= 4 is 17.4 Å². The van der Waals surface area contributed by atoms with Gasteiger partial charge < -0.3 is 5.32 Å². The van der Waals surface area contributed by atoms with E-state index >= 15 is 0 Å². The molecule has 0 saturated heterocycles. The molecule has 0 radical (unpaired) electrons. The van der Waals surface area contributed by atoms with Gasteiger partial charge in [0.15, 0.2) is 0 Å².